The minimum absolute atomic E-state index is 0.0249. The molecule has 0 aromatic heterocycles. The normalized spacial score (nSPS) is 35.5. The maximum Gasteiger partial charge on any atom is 0.304 e. The van der Waals surface area contributed by atoms with Crippen LogP contribution in [0.25, 0.3) is 0 Å². The third-order valence-corrected chi connectivity index (χ3v) is 11.3. The summed E-state index contributed by atoms with van der Waals surface area (Å²) in [6, 6.07) is 6.18. The molecule has 1 saturated heterocycles. The van der Waals surface area contributed by atoms with Gasteiger partial charge in [-0.15, -0.1) is 0 Å². The van der Waals surface area contributed by atoms with Gasteiger partial charge in [-0.05, 0) is 98.3 Å². The van der Waals surface area contributed by atoms with Crippen LogP contribution in [-0.4, -0.2) is 63.0 Å². The van der Waals surface area contributed by atoms with Gasteiger partial charge >= 0.3 is 10.2 Å². The molecule has 3 atom stereocenters. The molecule has 7 aliphatic rings. The Balaban J connectivity index is 1.38. The van der Waals surface area contributed by atoms with Gasteiger partial charge < -0.3 is 14.4 Å². The van der Waals surface area contributed by atoms with Crippen molar-refractivity contribution < 1.29 is 22.7 Å². The Morgan fingerprint density at radius 3 is 2.67 bits per heavy atom. The monoisotopic (exact) mass is 613 g/mol. The van der Waals surface area contributed by atoms with Gasteiger partial charge in [-0.1, -0.05) is 30.3 Å². The minimum Gasteiger partial charge on any atom is -0.492 e. The van der Waals surface area contributed by atoms with Gasteiger partial charge in [0.25, 0.3) is 5.91 Å². The lowest BCUT2D eigenvalue weighted by Crippen LogP contribution is -2.63. The predicted octanol–water partition coefficient (Wildman–Crippen LogP) is 4.89. The number of fused-ring (bicyclic) bond motifs is 1. The van der Waals surface area contributed by atoms with Crippen molar-refractivity contribution in [3.05, 3.63) is 81.8 Å². The summed E-state index contributed by atoms with van der Waals surface area (Å²) in [5, 5.41) is 0.748. The lowest BCUT2D eigenvalue weighted by atomic mass is 9.60. The fraction of sp³-hybridized carbons (Fsp3) is 0.531. The van der Waals surface area contributed by atoms with Crippen LogP contribution < -0.4 is 4.72 Å². The second kappa shape index (κ2) is 11.5. The van der Waals surface area contributed by atoms with E-state index in [2.05, 4.69) is 41.3 Å². The number of amides is 1. The molecule has 1 spiro atoms. The van der Waals surface area contributed by atoms with E-state index >= 15 is 0 Å². The van der Waals surface area contributed by atoms with Crippen molar-refractivity contribution in [2.45, 2.75) is 58.1 Å². The second-order valence-corrected chi connectivity index (χ2v) is 14.6. The molecule has 1 aromatic carbocycles. The van der Waals surface area contributed by atoms with Crippen molar-refractivity contribution in [3.63, 3.8) is 0 Å². The molecule has 0 unspecified atom stereocenters. The van der Waals surface area contributed by atoms with Crippen LogP contribution in [0.2, 0.25) is 5.02 Å². The summed E-state index contributed by atoms with van der Waals surface area (Å²) >= 11 is 6.41. The van der Waals surface area contributed by atoms with E-state index in [1.807, 2.05) is 6.07 Å². The maximum absolute atomic E-state index is 12.9. The summed E-state index contributed by atoms with van der Waals surface area (Å²) in [6.45, 7) is 8.72. The average molecular weight is 614 g/mol. The van der Waals surface area contributed by atoms with Crippen LogP contribution in [0.1, 0.15) is 50.2 Å². The van der Waals surface area contributed by atoms with Crippen LogP contribution >= 0.6 is 11.6 Å². The Morgan fingerprint density at radius 1 is 1.17 bits per heavy atom. The number of hydrogen-bond donors (Lipinski definition) is 1. The highest BCUT2D eigenvalue weighted by Crippen LogP contribution is 2.52. The standard InChI is InChI=1S/C32H40ClN3O5S/c1-21-7-12-29-22(2)35(17-24-8-10-27(33)14-23(24)6-4-5-13-41-29)18-25-9-11-28(25)30(40-3)26-15-32(16-26)19-36(20-32)42(38,39)34-31(21)37/h7-8,10,12,14-15,25,28,30H,1,4-6,9,11,13,16-20H2,2-3H3,(H,34,37)/b12-7-,29-22-/t25-,28+,30-/m0/s1. The molecule has 1 N–H and O–H groups in total. The molecule has 5 heterocycles. The lowest BCUT2D eigenvalue weighted by Gasteiger charge is -2.55. The van der Waals surface area contributed by atoms with Gasteiger partial charge in [0.05, 0.1) is 18.4 Å². The number of ether oxygens (including phenoxy) is 2. The van der Waals surface area contributed by atoms with E-state index in [1.54, 1.807) is 19.3 Å². The SMILES string of the molecule is C=C1/C=C\C2=C(/C)N(Cc3ccc(Cl)cc3CCCCO2)C[C@@H]2CC[C@H]2[C@@H](OC)C2=CC3(C2)CN(C3)S(=O)(=O)NC1=O. The molecule has 42 heavy (non-hydrogen) atoms. The number of carbonyl (C=O) groups is 1. The zero-order chi connectivity index (χ0) is 29.6. The molecule has 1 aromatic rings. The Bertz CT molecular complexity index is 1480. The first kappa shape index (κ1) is 29.5. The number of hydrogen-bond acceptors (Lipinski definition) is 6. The van der Waals surface area contributed by atoms with E-state index in [1.165, 1.54) is 21.0 Å². The van der Waals surface area contributed by atoms with Crippen molar-refractivity contribution in [2.24, 2.45) is 17.3 Å². The summed E-state index contributed by atoms with van der Waals surface area (Å²) < 4.78 is 41.8. The molecule has 2 aliphatic carbocycles. The largest absolute Gasteiger partial charge is 0.492 e. The highest BCUT2D eigenvalue weighted by atomic mass is 35.5. The van der Waals surface area contributed by atoms with Crippen molar-refractivity contribution in [2.75, 3.05) is 33.4 Å². The zero-order valence-electron chi connectivity index (χ0n) is 24.4. The number of halogens is 1. The molecule has 226 valence electrons. The average Bonchev–Trinajstić information content (AvgIpc) is 2.91. The first-order valence-electron chi connectivity index (χ1n) is 14.9. The van der Waals surface area contributed by atoms with Crippen LogP contribution in [0.15, 0.2) is 65.6 Å². The first-order valence-corrected chi connectivity index (χ1v) is 16.7. The topological polar surface area (TPSA) is 88.2 Å². The zero-order valence-corrected chi connectivity index (χ0v) is 26.0. The van der Waals surface area contributed by atoms with Crippen LogP contribution in [-0.2, 0) is 37.4 Å². The van der Waals surface area contributed by atoms with Crippen LogP contribution in [0.5, 0.6) is 0 Å². The van der Waals surface area contributed by atoms with E-state index < -0.39 is 16.1 Å². The fourth-order valence-corrected chi connectivity index (χ4v) is 8.67. The molecule has 8 nitrogen and oxygen atoms in total. The van der Waals surface area contributed by atoms with E-state index in [0.717, 1.165) is 55.8 Å². The number of methoxy groups -OCH3 is 1. The van der Waals surface area contributed by atoms with Crippen molar-refractivity contribution in [1.29, 1.82) is 0 Å². The second-order valence-electron chi connectivity index (χ2n) is 12.5. The number of carbonyl (C=O) groups excluding carboxylic acids is 1. The van der Waals surface area contributed by atoms with Crippen molar-refractivity contribution in [1.82, 2.24) is 13.9 Å². The third kappa shape index (κ3) is 5.68. The van der Waals surface area contributed by atoms with Gasteiger partial charge in [0.15, 0.2) is 0 Å². The van der Waals surface area contributed by atoms with Crippen molar-refractivity contribution >= 4 is 27.7 Å². The van der Waals surface area contributed by atoms with E-state index in [4.69, 9.17) is 21.1 Å². The molecule has 2 fully saturated rings. The minimum atomic E-state index is -3.96. The van der Waals surface area contributed by atoms with Crippen LogP contribution in [0.3, 0.4) is 0 Å². The van der Waals surface area contributed by atoms with E-state index in [9.17, 15) is 13.2 Å². The molecule has 5 aliphatic heterocycles. The summed E-state index contributed by atoms with van der Waals surface area (Å²) in [6.07, 6.45) is 11.3. The Morgan fingerprint density at radius 2 is 1.95 bits per heavy atom. The summed E-state index contributed by atoms with van der Waals surface area (Å²) in [4.78, 5) is 15.2. The third-order valence-electron chi connectivity index (χ3n) is 9.72. The van der Waals surface area contributed by atoms with E-state index in [0.29, 0.717) is 43.8 Å². The number of rotatable bonds is 1. The number of allylic oxidation sites excluding steroid dienone is 2. The molecular weight excluding hydrogens is 574 g/mol. The molecule has 0 radical (unpaired) electrons. The number of nitrogens with one attached hydrogen (secondary N) is 1. The molecule has 1 saturated carbocycles. The molecular formula is C32H40ClN3O5S. The van der Waals surface area contributed by atoms with Gasteiger partial charge in [-0.3, -0.25) is 4.79 Å². The maximum atomic E-state index is 12.9. The Labute approximate surface area is 254 Å². The van der Waals surface area contributed by atoms with Gasteiger partial charge in [0.1, 0.15) is 5.76 Å². The summed E-state index contributed by atoms with van der Waals surface area (Å²) in [5.41, 5.74) is 4.62. The highest BCUT2D eigenvalue weighted by Gasteiger charge is 2.54. The highest BCUT2D eigenvalue weighted by molar-refractivity contribution is 7.87. The smallest absolute Gasteiger partial charge is 0.304 e. The molecule has 5 bridgehead atoms. The Hall–Kier alpha value is -2.59. The fourth-order valence-electron chi connectivity index (χ4n) is 7.12. The number of nitrogens with zero attached hydrogens (tertiary/aromatic N) is 2. The van der Waals surface area contributed by atoms with Gasteiger partial charge in [0, 0.05) is 49.3 Å². The molecule has 1 amide bonds. The van der Waals surface area contributed by atoms with Crippen molar-refractivity contribution in [3.8, 4) is 0 Å². The summed E-state index contributed by atoms with van der Waals surface area (Å²) in [7, 11) is -2.18. The first-order chi connectivity index (χ1) is 20.1. The lowest BCUT2D eigenvalue weighted by molar-refractivity contribution is -0.115. The number of benzene rings is 1. The molecule has 8 rings (SSSR count). The Kier molecular flexibility index (Phi) is 8.06. The number of aryl methyl sites for hydroxylation is 1. The van der Waals surface area contributed by atoms with Gasteiger partial charge in [-0.25, -0.2) is 4.72 Å². The van der Waals surface area contributed by atoms with E-state index in [-0.39, 0.29) is 17.1 Å². The van der Waals surface area contributed by atoms with Crippen LogP contribution in [0.4, 0.5) is 0 Å². The van der Waals surface area contributed by atoms with Gasteiger partial charge in [-0.2, -0.15) is 12.7 Å². The quantitative estimate of drug-likeness (QED) is 0.359. The molecule has 10 heteroatoms. The summed E-state index contributed by atoms with van der Waals surface area (Å²) in [5.74, 6) is 0.740. The van der Waals surface area contributed by atoms with Crippen LogP contribution in [0, 0.1) is 17.3 Å². The van der Waals surface area contributed by atoms with Gasteiger partial charge in [0.2, 0.25) is 0 Å². The predicted molar refractivity (Wildman–Crippen MR) is 163 cm³/mol.